The first kappa shape index (κ1) is 13.8. The molecule has 6 nitrogen and oxygen atoms in total. The number of ketones is 1. The molecule has 1 aromatic carbocycles. The van der Waals surface area contributed by atoms with Crippen LogP contribution >= 0.6 is 0 Å². The number of Topliss-reactive ketones (excluding diaryl/α,β-unsaturated/α-hetero) is 1. The number of phenolic OH excluding ortho intramolecular Hbond substituents is 1. The summed E-state index contributed by atoms with van der Waals surface area (Å²) in [4.78, 5) is 30.6. The molecule has 0 aliphatic rings. The van der Waals surface area contributed by atoms with Crippen LogP contribution < -0.4 is 5.32 Å². The van der Waals surface area contributed by atoms with E-state index in [0.717, 1.165) is 0 Å². The van der Waals surface area contributed by atoms with Gasteiger partial charge in [0.05, 0.1) is 11.3 Å². The number of nitrogens with zero attached hydrogens (tertiary/aromatic N) is 1. The maximum absolute atomic E-state index is 12.2. The van der Waals surface area contributed by atoms with Crippen LogP contribution in [0.4, 0.5) is 5.69 Å². The third-order valence-electron chi connectivity index (χ3n) is 3.24. The average molecular weight is 295 g/mol. The van der Waals surface area contributed by atoms with Gasteiger partial charge in [0.25, 0.3) is 5.91 Å². The summed E-state index contributed by atoms with van der Waals surface area (Å²) in [6, 6.07) is 9.51. The number of pyridine rings is 1. The van der Waals surface area contributed by atoms with Gasteiger partial charge in [-0.05, 0) is 36.4 Å². The van der Waals surface area contributed by atoms with Crippen molar-refractivity contribution >= 4 is 28.4 Å². The number of carbonyl (C=O) groups is 2. The molecule has 1 amide bonds. The number of fused-ring (bicyclic) bond motifs is 1. The lowest BCUT2D eigenvalue weighted by Crippen LogP contribution is -2.11. The highest BCUT2D eigenvalue weighted by Gasteiger charge is 2.11. The summed E-state index contributed by atoms with van der Waals surface area (Å²) in [5.41, 5.74) is 1.97. The van der Waals surface area contributed by atoms with Crippen LogP contribution in [0.15, 0.2) is 42.6 Å². The first-order valence-electron chi connectivity index (χ1n) is 6.63. The third kappa shape index (κ3) is 2.67. The summed E-state index contributed by atoms with van der Waals surface area (Å²) < 4.78 is 0. The average Bonchev–Trinajstić information content (AvgIpc) is 2.93. The van der Waals surface area contributed by atoms with Crippen molar-refractivity contribution in [2.75, 3.05) is 5.32 Å². The predicted molar refractivity (Wildman–Crippen MR) is 82.2 cm³/mol. The van der Waals surface area contributed by atoms with Crippen molar-refractivity contribution in [2.24, 2.45) is 0 Å². The Balaban J connectivity index is 1.87. The van der Waals surface area contributed by atoms with E-state index in [0.29, 0.717) is 28.0 Å². The number of rotatable bonds is 3. The molecule has 2 aromatic heterocycles. The number of benzene rings is 1. The molecule has 3 N–H and O–H groups in total. The van der Waals surface area contributed by atoms with Crippen molar-refractivity contribution in [3.63, 3.8) is 0 Å². The summed E-state index contributed by atoms with van der Waals surface area (Å²) in [5.74, 6) is -0.274. The van der Waals surface area contributed by atoms with E-state index in [-0.39, 0.29) is 17.4 Å². The van der Waals surface area contributed by atoms with Gasteiger partial charge in [-0.1, -0.05) is 0 Å². The molecule has 0 aliphatic heterocycles. The number of anilines is 1. The first-order valence-corrected chi connectivity index (χ1v) is 6.63. The second-order valence-electron chi connectivity index (χ2n) is 4.90. The molecule has 2 heterocycles. The minimum atomic E-state index is -0.314. The van der Waals surface area contributed by atoms with Crippen LogP contribution in [0.1, 0.15) is 27.8 Å². The number of hydrogen-bond acceptors (Lipinski definition) is 4. The summed E-state index contributed by atoms with van der Waals surface area (Å²) in [7, 11) is 0. The number of nitrogens with one attached hydrogen (secondary N) is 2. The Labute approximate surface area is 125 Å². The highest BCUT2D eigenvalue weighted by molar-refractivity contribution is 6.06. The lowest BCUT2D eigenvalue weighted by molar-refractivity contribution is 0.101. The molecule has 0 bridgehead atoms. The van der Waals surface area contributed by atoms with E-state index >= 15 is 0 Å². The van der Waals surface area contributed by atoms with Crippen LogP contribution in [0.2, 0.25) is 0 Å². The summed E-state index contributed by atoms with van der Waals surface area (Å²) in [6.45, 7) is 1.46. The monoisotopic (exact) mass is 295 g/mol. The van der Waals surface area contributed by atoms with Gasteiger partial charge in [-0.25, -0.2) is 4.98 Å². The first-order chi connectivity index (χ1) is 10.5. The van der Waals surface area contributed by atoms with Crippen molar-refractivity contribution in [3.8, 4) is 5.75 Å². The summed E-state index contributed by atoms with van der Waals surface area (Å²) in [6.07, 6.45) is 1.44. The molecule has 0 spiro atoms. The number of carbonyl (C=O) groups excluding carboxylic acids is 2. The Morgan fingerprint density at radius 3 is 2.59 bits per heavy atom. The molecular formula is C16H13N3O3. The molecule has 3 aromatic rings. The van der Waals surface area contributed by atoms with E-state index in [2.05, 4.69) is 15.3 Å². The SMILES string of the molecule is CC(=O)c1cc2cc(C(=O)Nc3ccc(O)cc3)cnc2[nH]1. The Morgan fingerprint density at radius 2 is 1.91 bits per heavy atom. The predicted octanol–water partition coefficient (Wildman–Crippen LogP) is 2.72. The van der Waals surface area contributed by atoms with Gasteiger partial charge in [-0.2, -0.15) is 0 Å². The molecule has 0 saturated carbocycles. The lowest BCUT2D eigenvalue weighted by atomic mass is 10.2. The van der Waals surface area contributed by atoms with E-state index in [4.69, 9.17) is 0 Å². The Bertz CT molecular complexity index is 866. The molecule has 22 heavy (non-hydrogen) atoms. The maximum Gasteiger partial charge on any atom is 0.257 e. The normalized spacial score (nSPS) is 10.6. The molecule has 0 radical (unpaired) electrons. The third-order valence-corrected chi connectivity index (χ3v) is 3.24. The van der Waals surface area contributed by atoms with Crippen LogP contribution in [0.5, 0.6) is 5.75 Å². The van der Waals surface area contributed by atoms with Gasteiger partial charge in [0.1, 0.15) is 11.4 Å². The minimum absolute atomic E-state index is 0.0897. The van der Waals surface area contributed by atoms with Crippen LogP contribution in [0.3, 0.4) is 0 Å². The zero-order valence-electron chi connectivity index (χ0n) is 11.8. The second-order valence-corrected chi connectivity index (χ2v) is 4.90. The Kier molecular flexibility index (Phi) is 3.34. The van der Waals surface area contributed by atoms with E-state index < -0.39 is 0 Å². The van der Waals surface area contributed by atoms with Gasteiger partial charge >= 0.3 is 0 Å². The zero-order chi connectivity index (χ0) is 15.7. The molecule has 3 rings (SSSR count). The molecule has 0 fully saturated rings. The van der Waals surface area contributed by atoms with Gasteiger partial charge in [0.2, 0.25) is 0 Å². The number of H-pyrrole nitrogens is 1. The fourth-order valence-corrected chi connectivity index (χ4v) is 2.08. The van der Waals surface area contributed by atoms with Crippen LogP contribution in [0.25, 0.3) is 11.0 Å². The second kappa shape index (κ2) is 5.33. The molecular weight excluding hydrogens is 282 g/mol. The standard InChI is InChI=1S/C16H13N3O3/c1-9(20)14-7-10-6-11(8-17-15(10)19-14)16(22)18-12-2-4-13(21)5-3-12/h2-8,21H,1H3,(H,17,19)(H,18,22). The van der Waals surface area contributed by atoms with Crippen molar-refractivity contribution in [2.45, 2.75) is 6.92 Å². The van der Waals surface area contributed by atoms with Crippen LogP contribution in [-0.2, 0) is 0 Å². The number of aromatic nitrogens is 2. The highest BCUT2D eigenvalue weighted by Crippen LogP contribution is 2.18. The van der Waals surface area contributed by atoms with Gasteiger partial charge < -0.3 is 15.4 Å². The number of phenols is 1. The quantitative estimate of drug-likeness (QED) is 0.511. The smallest absolute Gasteiger partial charge is 0.257 e. The van der Waals surface area contributed by atoms with Gasteiger partial charge in [-0.15, -0.1) is 0 Å². The van der Waals surface area contributed by atoms with Crippen molar-refractivity contribution in [1.82, 2.24) is 9.97 Å². The number of aromatic hydroxyl groups is 1. The van der Waals surface area contributed by atoms with Gasteiger partial charge in [0.15, 0.2) is 5.78 Å². The fourth-order valence-electron chi connectivity index (χ4n) is 2.08. The van der Waals surface area contributed by atoms with E-state index in [1.807, 2.05) is 0 Å². The highest BCUT2D eigenvalue weighted by atomic mass is 16.3. The van der Waals surface area contributed by atoms with Crippen LogP contribution in [-0.4, -0.2) is 26.8 Å². The maximum atomic E-state index is 12.2. The van der Waals surface area contributed by atoms with Crippen LogP contribution in [0, 0.1) is 0 Å². The van der Waals surface area contributed by atoms with Gasteiger partial charge in [-0.3, -0.25) is 9.59 Å². The Hall–Kier alpha value is -3.15. The number of amides is 1. The van der Waals surface area contributed by atoms with Gasteiger partial charge in [0, 0.05) is 24.2 Å². The summed E-state index contributed by atoms with van der Waals surface area (Å²) in [5, 5.41) is 12.6. The van der Waals surface area contributed by atoms with Crippen molar-refractivity contribution < 1.29 is 14.7 Å². The van der Waals surface area contributed by atoms with E-state index in [1.54, 1.807) is 24.3 Å². The lowest BCUT2D eigenvalue weighted by Gasteiger charge is -2.05. The molecule has 110 valence electrons. The molecule has 0 atom stereocenters. The largest absolute Gasteiger partial charge is 0.508 e. The zero-order valence-corrected chi connectivity index (χ0v) is 11.8. The number of hydrogen-bond donors (Lipinski definition) is 3. The van der Waals surface area contributed by atoms with E-state index in [9.17, 15) is 14.7 Å². The van der Waals surface area contributed by atoms with Crippen molar-refractivity contribution in [3.05, 3.63) is 53.9 Å². The topological polar surface area (TPSA) is 95.1 Å². The fraction of sp³-hybridized carbons (Fsp3) is 0.0625. The minimum Gasteiger partial charge on any atom is -0.508 e. The molecule has 0 saturated heterocycles. The molecule has 6 heteroatoms. The molecule has 0 aliphatic carbocycles. The molecule has 0 unspecified atom stereocenters. The van der Waals surface area contributed by atoms with Crippen molar-refractivity contribution in [1.29, 1.82) is 0 Å². The number of aromatic amines is 1. The Morgan fingerprint density at radius 1 is 1.18 bits per heavy atom. The summed E-state index contributed by atoms with van der Waals surface area (Å²) >= 11 is 0. The van der Waals surface area contributed by atoms with E-state index in [1.165, 1.54) is 25.3 Å².